The lowest BCUT2D eigenvalue weighted by molar-refractivity contribution is -0.129. The van der Waals surface area contributed by atoms with E-state index in [-0.39, 0.29) is 11.7 Å². The molecular formula is C17H19FN4O. The second-order valence-electron chi connectivity index (χ2n) is 6.21. The van der Waals surface area contributed by atoms with Crippen LogP contribution in [0.4, 0.5) is 10.1 Å². The molecule has 3 heterocycles. The molecular weight excluding hydrogens is 295 g/mol. The lowest BCUT2D eigenvalue weighted by Gasteiger charge is -2.39. The van der Waals surface area contributed by atoms with E-state index < -0.39 is 5.54 Å². The number of amides is 1. The average Bonchev–Trinajstić information content (AvgIpc) is 3.24. The van der Waals surface area contributed by atoms with Gasteiger partial charge >= 0.3 is 0 Å². The smallest absolute Gasteiger partial charge is 0.255 e. The first-order valence-corrected chi connectivity index (χ1v) is 8.02. The normalized spacial score (nSPS) is 19.6. The molecule has 0 bridgehead atoms. The molecule has 2 aliphatic rings. The van der Waals surface area contributed by atoms with Crippen LogP contribution in [-0.4, -0.2) is 35.3 Å². The Bertz CT molecular complexity index is 722. The zero-order chi connectivity index (χ0) is 15.9. The van der Waals surface area contributed by atoms with E-state index in [1.165, 1.54) is 12.1 Å². The molecule has 120 valence electrons. The Hall–Kier alpha value is -2.21. The lowest BCUT2D eigenvalue weighted by atomic mass is 9.86. The third-order valence-corrected chi connectivity index (χ3v) is 4.96. The summed E-state index contributed by atoms with van der Waals surface area (Å²) in [6, 6.07) is 6.55. The highest BCUT2D eigenvalue weighted by molar-refractivity contribution is 6.00. The standard InChI is InChI=1S/C17H19FN4O/c18-14-3-2-13-4-11-21(15(13)12-14)16(23)17(5-8-19-9-6-17)22-10-1-7-20-22/h1-3,7,10,12,19H,4-6,8-9,11H2. The van der Waals surface area contributed by atoms with Crippen molar-refractivity contribution < 1.29 is 9.18 Å². The van der Waals surface area contributed by atoms with E-state index in [1.807, 2.05) is 12.3 Å². The summed E-state index contributed by atoms with van der Waals surface area (Å²) in [4.78, 5) is 15.2. The number of anilines is 1. The number of hydrogen-bond donors (Lipinski definition) is 1. The summed E-state index contributed by atoms with van der Waals surface area (Å²) in [5, 5.41) is 7.65. The van der Waals surface area contributed by atoms with E-state index in [0.717, 1.165) is 25.1 Å². The van der Waals surface area contributed by atoms with Crippen molar-refractivity contribution in [3.8, 4) is 0 Å². The first-order valence-electron chi connectivity index (χ1n) is 8.02. The van der Waals surface area contributed by atoms with Crippen molar-refractivity contribution in [2.75, 3.05) is 24.5 Å². The topological polar surface area (TPSA) is 50.2 Å². The van der Waals surface area contributed by atoms with Gasteiger partial charge in [-0.05, 0) is 56.1 Å². The number of halogens is 1. The van der Waals surface area contributed by atoms with Crippen LogP contribution in [0.2, 0.25) is 0 Å². The Balaban J connectivity index is 1.74. The van der Waals surface area contributed by atoms with Crippen LogP contribution in [0.5, 0.6) is 0 Å². The van der Waals surface area contributed by atoms with E-state index in [1.54, 1.807) is 21.8 Å². The van der Waals surface area contributed by atoms with Gasteiger partial charge in [-0.15, -0.1) is 0 Å². The van der Waals surface area contributed by atoms with Crippen molar-refractivity contribution in [1.82, 2.24) is 15.1 Å². The van der Waals surface area contributed by atoms with Crippen LogP contribution in [0.1, 0.15) is 18.4 Å². The molecule has 1 aromatic heterocycles. The van der Waals surface area contributed by atoms with Gasteiger partial charge in [0.05, 0.1) is 0 Å². The van der Waals surface area contributed by atoms with Crippen molar-refractivity contribution in [3.05, 3.63) is 48.0 Å². The van der Waals surface area contributed by atoms with Gasteiger partial charge in [-0.3, -0.25) is 9.48 Å². The SMILES string of the molecule is O=C(N1CCc2ccc(F)cc21)C1(n2cccn2)CCNCC1. The molecule has 0 atom stereocenters. The number of carbonyl (C=O) groups excluding carboxylic acids is 1. The maximum absolute atomic E-state index is 13.6. The van der Waals surface area contributed by atoms with E-state index in [4.69, 9.17) is 0 Å². The molecule has 1 N–H and O–H groups in total. The lowest BCUT2D eigenvalue weighted by Crippen LogP contribution is -2.55. The molecule has 1 amide bonds. The van der Waals surface area contributed by atoms with Crippen LogP contribution in [0.15, 0.2) is 36.7 Å². The third kappa shape index (κ3) is 2.25. The van der Waals surface area contributed by atoms with Crippen molar-refractivity contribution in [2.45, 2.75) is 24.8 Å². The van der Waals surface area contributed by atoms with E-state index >= 15 is 0 Å². The molecule has 5 nitrogen and oxygen atoms in total. The Labute approximate surface area is 134 Å². The largest absolute Gasteiger partial charge is 0.317 e. The molecule has 0 aliphatic carbocycles. The quantitative estimate of drug-likeness (QED) is 0.918. The first-order chi connectivity index (χ1) is 11.2. The van der Waals surface area contributed by atoms with Gasteiger partial charge in [0.15, 0.2) is 0 Å². The fourth-order valence-electron chi connectivity index (χ4n) is 3.72. The summed E-state index contributed by atoms with van der Waals surface area (Å²) in [6.45, 7) is 2.15. The minimum Gasteiger partial charge on any atom is -0.317 e. The van der Waals surface area contributed by atoms with Crippen LogP contribution >= 0.6 is 0 Å². The van der Waals surface area contributed by atoms with Gasteiger partial charge in [0.25, 0.3) is 5.91 Å². The van der Waals surface area contributed by atoms with Gasteiger partial charge in [-0.1, -0.05) is 6.07 Å². The first kappa shape index (κ1) is 14.4. The number of carbonyl (C=O) groups is 1. The Morgan fingerprint density at radius 1 is 1.30 bits per heavy atom. The fraction of sp³-hybridized carbons (Fsp3) is 0.412. The van der Waals surface area contributed by atoms with Gasteiger partial charge in [0, 0.05) is 24.6 Å². The zero-order valence-corrected chi connectivity index (χ0v) is 12.8. The summed E-state index contributed by atoms with van der Waals surface area (Å²) in [5.74, 6) is -0.283. The maximum atomic E-state index is 13.6. The molecule has 6 heteroatoms. The number of hydrogen-bond acceptors (Lipinski definition) is 3. The van der Waals surface area contributed by atoms with E-state index in [2.05, 4.69) is 10.4 Å². The minimum absolute atomic E-state index is 0.0204. The number of benzene rings is 1. The number of rotatable bonds is 2. The molecule has 0 unspecified atom stereocenters. The summed E-state index contributed by atoms with van der Waals surface area (Å²) in [6.07, 6.45) is 5.71. The van der Waals surface area contributed by atoms with Crippen molar-refractivity contribution in [2.24, 2.45) is 0 Å². The van der Waals surface area contributed by atoms with Gasteiger partial charge in [0.1, 0.15) is 11.4 Å². The predicted octanol–water partition coefficient (Wildman–Crippen LogP) is 1.69. The van der Waals surface area contributed by atoms with Crippen LogP contribution in [-0.2, 0) is 16.8 Å². The molecule has 2 aromatic rings. The van der Waals surface area contributed by atoms with Crippen molar-refractivity contribution >= 4 is 11.6 Å². The van der Waals surface area contributed by atoms with Gasteiger partial charge in [0.2, 0.25) is 0 Å². The molecule has 23 heavy (non-hydrogen) atoms. The highest BCUT2D eigenvalue weighted by Crippen LogP contribution is 2.35. The number of nitrogens with one attached hydrogen (secondary N) is 1. The number of piperidine rings is 1. The minimum atomic E-state index is -0.678. The maximum Gasteiger partial charge on any atom is 0.255 e. The van der Waals surface area contributed by atoms with Gasteiger partial charge < -0.3 is 10.2 Å². The molecule has 0 radical (unpaired) electrons. The second kappa shape index (κ2) is 5.45. The molecule has 0 saturated carbocycles. The third-order valence-electron chi connectivity index (χ3n) is 4.96. The van der Waals surface area contributed by atoms with Crippen LogP contribution in [0, 0.1) is 5.82 Å². The summed E-state index contributed by atoms with van der Waals surface area (Å²) >= 11 is 0. The summed E-state index contributed by atoms with van der Waals surface area (Å²) in [7, 11) is 0. The second-order valence-corrected chi connectivity index (χ2v) is 6.21. The van der Waals surface area contributed by atoms with Crippen LogP contribution in [0.25, 0.3) is 0 Å². The highest BCUT2D eigenvalue weighted by atomic mass is 19.1. The fourth-order valence-corrected chi connectivity index (χ4v) is 3.72. The van der Waals surface area contributed by atoms with Crippen molar-refractivity contribution in [1.29, 1.82) is 0 Å². The molecule has 4 rings (SSSR count). The monoisotopic (exact) mass is 314 g/mol. The summed E-state index contributed by atoms with van der Waals surface area (Å²) in [5.41, 5.74) is 1.06. The van der Waals surface area contributed by atoms with Crippen molar-refractivity contribution in [3.63, 3.8) is 0 Å². The van der Waals surface area contributed by atoms with Crippen LogP contribution in [0.3, 0.4) is 0 Å². The van der Waals surface area contributed by atoms with Gasteiger partial charge in [-0.2, -0.15) is 5.10 Å². The Kier molecular flexibility index (Phi) is 3.41. The Morgan fingerprint density at radius 3 is 2.87 bits per heavy atom. The highest BCUT2D eigenvalue weighted by Gasteiger charge is 2.46. The molecule has 1 fully saturated rings. The summed E-state index contributed by atoms with van der Waals surface area (Å²) < 4.78 is 15.4. The average molecular weight is 314 g/mol. The van der Waals surface area contributed by atoms with Gasteiger partial charge in [-0.25, -0.2) is 4.39 Å². The number of fused-ring (bicyclic) bond motifs is 1. The molecule has 1 saturated heterocycles. The van der Waals surface area contributed by atoms with E-state index in [0.29, 0.717) is 25.1 Å². The van der Waals surface area contributed by atoms with Crippen LogP contribution < -0.4 is 10.2 Å². The molecule has 0 spiro atoms. The number of nitrogens with zero attached hydrogens (tertiary/aromatic N) is 3. The van der Waals surface area contributed by atoms with E-state index in [9.17, 15) is 9.18 Å². The molecule has 2 aliphatic heterocycles. The molecule has 1 aromatic carbocycles. The zero-order valence-electron chi connectivity index (χ0n) is 12.8. The number of aromatic nitrogens is 2. The Morgan fingerprint density at radius 2 is 2.13 bits per heavy atom. The predicted molar refractivity (Wildman–Crippen MR) is 84.8 cm³/mol.